The molecule has 9 heavy (non-hydrogen) atoms. The average molecular weight is 125 g/mol. The van der Waals surface area contributed by atoms with E-state index in [4.69, 9.17) is 0 Å². The van der Waals surface area contributed by atoms with Gasteiger partial charge >= 0.3 is 0 Å². The first kappa shape index (κ1) is 6.81. The third-order valence-corrected chi connectivity index (χ3v) is 2.42. The summed E-state index contributed by atoms with van der Waals surface area (Å²) in [7, 11) is 2.17. The average Bonchev–Trinajstić information content (AvgIpc) is 1.98. The quantitative estimate of drug-likeness (QED) is 0.445. The van der Waals surface area contributed by atoms with Crippen molar-refractivity contribution in [1.82, 2.24) is 4.90 Å². The van der Waals surface area contributed by atoms with Gasteiger partial charge in [0, 0.05) is 12.1 Å². The van der Waals surface area contributed by atoms with E-state index >= 15 is 0 Å². The van der Waals surface area contributed by atoms with E-state index in [1.165, 1.54) is 5.57 Å². The topological polar surface area (TPSA) is 3.24 Å². The van der Waals surface area contributed by atoms with E-state index in [0.717, 1.165) is 0 Å². The number of hydrogen-bond acceptors (Lipinski definition) is 1. The van der Waals surface area contributed by atoms with Crippen LogP contribution < -0.4 is 0 Å². The molecule has 1 heteroatoms. The Bertz CT molecular complexity index is 138. The lowest BCUT2D eigenvalue weighted by Gasteiger charge is -2.20. The van der Waals surface area contributed by atoms with Crippen molar-refractivity contribution >= 4 is 0 Å². The van der Waals surface area contributed by atoms with Gasteiger partial charge in [0.05, 0.1) is 0 Å². The normalized spacial score (nSPS) is 37.1. The minimum Gasteiger partial charge on any atom is -0.294 e. The van der Waals surface area contributed by atoms with E-state index in [2.05, 4.69) is 38.8 Å². The molecule has 52 valence electrons. The minimum absolute atomic E-state index is 0.639. The Morgan fingerprint density at radius 2 is 2.00 bits per heavy atom. The number of nitrogens with zero attached hydrogens (tertiary/aromatic N) is 1. The fourth-order valence-corrected chi connectivity index (χ4v) is 1.31. The van der Waals surface area contributed by atoms with Crippen LogP contribution in [0.1, 0.15) is 20.8 Å². The first-order chi connectivity index (χ1) is 4.13. The highest BCUT2D eigenvalue weighted by molar-refractivity contribution is 5.17. The lowest BCUT2D eigenvalue weighted by Crippen LogP contribution is -2.29. The zero-order valence-electron chi connectivity index (χ0n) is 6.68. The first-order valence-corrected chi connectivity index (χ1v) is 3.53. The first-order valence-electron chi connectivity index (χ1n) is 3.53. The third kappa shape index (κ3) is 1.01. The van der Waals surface area contributed by atoms with Crippen LogP contribution in [0.3, 0.4) is 0 Å². The molecule has 2 atom stereocenters. The molecule has 2 unspecified atom stereocenters. The second-order valence-electron chi connectivity index (χ2n) is 2.99. The zero-order chi connectivity index (χ0) is 7.02. The Kier molecular flexibility index (Phi) is 1.62. The van der Waals surface area contributed by atoms with Gasteiger partial charge in [0.15, 0.2) is 0 Å². The second kappa shape index (κ2) is 2.14. The van der Waals surface area contributed by atoms with Crippen molar-refractivity contribution in [3.63, 3.8) is 0 Å². The van der Waals surface area contributed by atoms with Crippen molar-refractivity contribution in [3.8, 4) is 0 Å². The van der Waals surface area contributed by atoms with Crippen LogP contribution in [0.4, 0.5) is 0 Å². The van der Waals surface area contributed by atoms with Gasteiger partial charge in [-0.2, -0.15) is 0 Å². The molecule has 0 aromatic rings. The standard InChI is InChI=1S/C8H15N/c1-6-5-7(2)9(4)8(6)3/h5,7-8H,1-4H3. The smallest absolute Gasteiger partial charge is 0.0279 e. The van der Waals surface area contributed by atoms with Crippen LogP contribution in [0.5, 0.6) is 0 Å². The van der Waals surface area contributed by atoms with Crippen molar-refractivity contribution in [2.45, 2.75) is 32.9 Å². The summed E-state index contributed by atoms with van der Waals surface area (Å²) in [5, 5.41) is 0. The Morgan fingerprint density at radius 1 is 1.44 bits per heavy atom. The summed E-state index contributed by atoms with van der Waals surface area (Å²) >= 11 is 0. The molecule has 1 rings (SSSR count). The van der Waals surface area contributed by atoms with E-state index in [1.54, 1.807) is 0 Å². The molecule has 0 aromatic heterocycles. The van der Waals surface area contributed by atoms with Gasteiger partial charge in [0.2, 0.25) is 0 Å². The molecule has 0 aromatic carbocycles. The number of hydrogen-bond donors (Lipinski definition) is 0. The maximum Gasteiger partial charge on any atom is 0.0279 e. The van der Waals surface area contributed by atoms with Crippen molar-refractivity contribution in [3.05, 3.63) is 11.6 Å². The van der Waals surface area contributed by atoms with E-state index in [9.17, 15) is 0 Å². The lowest BCUT2D eigenvalue weighted by atomic mass is 10.2. The fraction of sp³-hybridized carbons (Fsp3) is 0.750. The summed E-state index contributed by atoms with van der Waals surface area (Å²) in [6, 6.07) is 1.29. The Hall–Kier alpha value is -0.300. The Morgan fingerprint density at radius 3 is 2.11 bits per heavy atom. The summed E-state index contributed by atoms with van der Waals surface area (Å²) in [4.78, 5) is 2.37. The van der Waals surface area contributed by atoms with Crippen molar-refractivity contribution in [1.29, 1.82) is 0 Å². The SMILES string of the molecule is CC1=CC(C)N(C)C1C. The molecule has 1 aliphatic rings. The zero-order valence-corrected chi connectivity index (χ0v) is 6.68. The number of rotatable bonds is 0. The summed E-state index contributed by atoms with van der Waals surface area (Å²) in [5.74, 6) is 0. The Balaban J connectivity index is 2.70. The van der Waals surface area contributed by atoms with Gasteiger partial charge in [-0.25, -0.2) is 0 Å². The highest BCUT2D eigenvalue weighted by Crippen LogP contribution is 2.19. The molecule has 0 saturated carbocycles. The van der Waals surface area contributed by atoms with Gasteiger partial charge in [-0.3, -0.25) is 4.90 Å². The van der Waals surface area contributed by atoms with E-state index in [0.29, 0.717) is 12.1 Å². The summed E-state index contributed by atoms with van der Waals surface area (Å²) < 4.78 is 0. The minimum atomic E-state index is 0.639. The second-order valence-corrected chi connectivity index (χ2v) is 2.99. The van der Waals surface area contributed by atoms with Gasteiger partial charge in [-0.1, -0.05) is 11.6 Å². The van der Waals surface area contributed by atoms with E-state index < -0.39 is 0 Å². The largest absolute Gasteiger partial charge is 0.294 e. The van der Waals surface area contributed by atoms with E-state index in [-0.39, 0.29) is 0 Å². The molecule has 1 aliphatic heterocycles. The highest BCUT2D eigenvalue weighted by Gasteiger charge is 2.21. The molecule has 0 amide bonds. The summed E-state index contributed by atoms with van der Waals surface area (Å²) in [5.41, 5.74) is 1.50. The summed E-state index contributed by atoms with van der Waals surface area (Å²) in [6.45, 7) is 6.67. The third-order valence-electron chi connectivity index (χ3n) is 2.42. The lowest BCUT2D eigenvalue weighted by molar-refractivity contribution is 0.280. The van der Waals surface area contributed by atoms with Crippen LogP contribution in [0, 0.1) is 0 Å². The van der Waals surface area contributed by atoms with Crippen molar-refractivity contribution in [2.75, 3.05) is 7.05 Å². The monoisotopic (exact) mass is 125 g/mol. The predicted molar refractivity (Wildman–Crippen MR) is 40.4 cm³/mol. The molecule has 0 aliphatic carbocycles. The van der Waals surface area contributed by atoms with Gasteiger partial charge in [0.1, 0.15) is 0 Å². The van der Waals surface area contributed by atoms with Gasteiger partial charge in [-0.05, 0) is 27.8 Å². The van der Waals surface area contributed by atoms with Crippen LogP contribution in [0.15, 0.2) is 11.6 Å². The fourth-order valence-electron chi connectivity index (χ4n) is 1.31. The molecule has 0 N–H and O–H groups in total. The molecular weight excluding hydrogens is 110 g/mol. The van der Waals surface area contributed by atoms with E-state index in [1.807, 2.05) is 0 Å². The van der Waals surface area contributed by atoms with Gasteiger partial charge in [0.25, 0.3) is 0 Å². The predicted octanol–water partition coefficient (Wildman–Crippen LogP) is 1.66. The van der Waals surface area contributed by atoms with Crippen LogP contribution in [-0.2, 0) is 0 Å². The van der Waals surface area contributed by atoms with Crippen LogP contribution >= 0.6 is 0 Å². The van der Waals surface area contributed by atoms with Gasteiger partial charge in [-0.15, -0.1) is 0 Å². The molecule has 1 heterocycles. The molecular formula is C8H15N. The van der Waals surface area contributed by atoms with Crippen LogP contribution in [0.2, 0.25) is 0 Å². The molecule has 0 radical (unpaired) electrons. The van der Waals surface area contributed by atoms with Crippen LogP contribution in [-0.4, -0.2) is 24.0 Å². The van der Waals surface area contributed by atoms with Gasteiger partial charge < -0.3 is 0 Å². The molecule has 0 fully saturated rings. The molecule has 1 nitrogen and oxygen atoms in total. The van der Waals surface area contributed by atoms with Crippen molar-refractivity contribution in [2.24, 2.45) is 0 Å². The molecule has 0 bridgehead atoms. The molecule has 0 spiro atoms. The maximum absolute atomic E-state index is 2.37. The van der Waals surface area contributed by atoms with Crippen LogP contribution in [0.25, 0.3) is 0 Å². The highest BCUT2D eigenvalue weighted by atomic mass is 15.2. The summed E-state index contributed by atoms with van der Waals surface area (Å²) in [6.07, 6.45) is 2.32. The molecule has 0 saturated heterocycles. The van der Waals surface area contributed by atoms with Crippen molar-refractivity contribution < 1.29 is 0 Å². The number of likely N-dealkylation sites (N-methyl/N-ethyl adjacent to an activating group) is 1. The Labute approximate surface area is 57.4 Å². The maximum atomic E-state index is 2.37.